The standard InChI is InChI=1S/C17H24N2O2/c1-5-14-9-13(11-18-17(2,3)4)10-16(19-14)21-12-15-7-6-8-20-15/h6-10,18H,5,11-12H2,1-4H3. The highest BCUT2D eigenvalue weighted by Crippen LogP contribution is 2.16. The van der Waals surface area contributed by atoms with Crippen LogP contribution in [0.25, 0.3) is 0 Å². The molecule has 0 spiro atoms. The fourth-order valence-electron chi connectivity index (χ4n) is 1.88. The van der Waals surface area contributed by atoms with E-state index in [4.69, 9.17) is 9.15 Å². The van der Waals surface area contributed by atoms with E-state index in [1.54, 1.807) is 6.26 Å². The minimum absolute atomic E-state index is 0.0881. The molecule has 0 aromatic carbocycles. The van der Waals surface area contributed by atoms with E-state index in [9.17, 15) is 0 Å². The van der Waals surface area contributed by atoms with Crippen LogP contribution >= 0.6 is 0 Å². The van der Waals surface area contributed by atoms with Crippen LogP contribution in [0.4, 0.5) is 0 Å². The van der Waals surface area contributed by atoms with E-state index in [1.807, 2.05) is 18.2 Å². The topological polar surface area (TPSA) is 47.3 Å². The molecule has 4 nitrogen and oxygen atoms in total. The molecule has 0 bridgehead atoms. The highest BCUT2D eigenvalue weighted by Gasteiger charge is 2.10. The Labute approximate surface area is 126 Å². The summed E-state index contributed by atoms with van der Waals surface area (Å²) in [5, 5.41) is 3.48. The van der Waals surface area contributed by atoms with Gasteiger partial charge in [-0.25, -0.2) is 4.98 Å². The largest absolute Gasteiger partial charge is 0.469 e. The van der Waals surface area contributed by atoms with Gasteiger partial charge in [-0.05, 0) is 51.0 Å². The third-order valence-corrected chi connectivity index (χ3v) is 3.04. The fourth-order valence-corrected chi connectivity index (χ4v) is 1.88. The average molecular weight is 288 g/mol. The first kappa shape index (κ1) is 15.6. The Morgan fingerprint density at radius 1 is 1.29 bits per heavy atom. The van der Waals surface area contributed by atoms with Crippen LogP contribution in [0.3, 0.4) is 0 Å². The normalized spacial score (nSPS) is 11.6. The zero-order chi connectivity index (χ0) is 15.3. The van der Waals surface area contributed by atoms with Crippen molar-refractivity contribution in [2.45, 2.75) is 52.8 Å². The molecule has 1 N–H and O–H groups in total. The van der Waals surface area contributed by atoms with Gasteiger partial charge in [0.2, 0.25) is 5.88 Å². The Morgan fingerprint density at radius 2 is 2.10 bits per heavy atom. The summed E-state index contributed by atoms with van der Waals surface area (Å²) >= 11 is 0. The number of furan rings is 1. The molecule has 2 aromatic heterocycles. The highest BCUT2D eigenvalue weighted by atomic mass is 16.5. The second kappa shape index (κ2) is 6.76. The number of aromatic nitrogens is 1. The van der Waals surface area contributed by atoms with Gasteiger partial charge in [0.05, 0.1) is 6.26 Å². The van der Waals surface area contributed by atoms with Gasteiger partial charge < -0.3 is 14.5 Å². The second-order valence-corrected chi connectivity index (χ2v) is 6.13. The van der Waals surface area contributed by atoms with Crippen LogP contribution in [0.2, 0.25) is 0 Å². The molecule has 2 heterocycles. The Bertz CT molecular complexity index is 557. The zero-order valence-corrected chi connectivity index (χ0v) is 13.3. The van der Waals surface area contributed by atoms with Gasteiger partial charge in [0, 0.05) is 23.8 Å². The van der Waals surface area contributed by atoms with Crippen molar-refractivity contribution in [2.75, 3.05) is 0 Å². The molecule has 0 fully saturated rings. The lowest BCUT2D eigenvalue weighted by Gasteiger charge is -2.21. The smallest absolute Gasteiger partial charge is 0.214 e. The number of rotatable bonds is 6. The zero-order valence-electron chi connectivity index (χ0n) is 13.3. The molecule has 2 rings (SSSR count). The molecule has 0 unspecified atom stereocenters. The Hall–Kier alpha value is -1.81. The van der Waals surface area contributed by atoms with Crippen molar-refractivity contribution in [1.82, 2.24) is 10.3 Å². The molecule has 0 saturated heterocycles. The fraction of sp³-hybridized carbons (Fsp3) is 0.471. The van der Waals surface area contributed by atoms with Crippen LogP contribution in [-0.2, 0) is 19.6 Å². The van der Waals surface area contributed by atoms with E-state index in [-0.39, 0.29) is 5.54 Å². The summed E-state index contributed by atoms with van der Waals surface area (Å²) < 4.78 is 11.0. The molecule has 0 atom stereocenters. The number of pyridine rings is 1. The van der Waals surface area contributed by atoms with E-state index in [1.165, 1.54) is 5.56 Å². The summed E-state index contributed by atoms with van der Waals surface area (Å²) in [6.07, 6.45) is 2.54. The molecule has 0 aliphatic rings. The monoisotopic (exact) mass is 288 g/mol. The summed E-state index contributed by atoms with van der Waals surface area (Å²) in [6, 6.07) is 7.86. The van der Waals surface area contributed by atoms with E-state index in [0.29, 0.717) is 12.5 Å². The van der Waals surface area contributed by atoms with Gasteiger partial charge in [-0.2, -0.15) is 0 Å². The van der Waals surface area contributed by atoms with E-state index < -0.39 is 0 Å². The van der Waals surface area contributed by atoms with Crippen molar-refractivity contribution in [3.8, 4) is 5.88 Å². The molecule has 0 saturated carbocycles. The van der Waals surface area contributed by atoms with E-state index >= 15 is 0 Å². The van der Waals surface area contributed by atoms with Crippen molar-refractivity contribution in [2.24, 2.45) is 0 Å². The minimum atomic E-state index is 0.0881. The molecular formula is C17H24N2O2. The molecule has 0 amide bonds. The number of aryl methyl sites for hydroxylation is 1. The lowest BCUT2D eigenvalue weighted by Crippen LogP contribution is -2.35. The molecular weight excluding hydrogens is 264 g/mol. The quantitative estimate of drug-likeness (QED) is 0.880. The third-order valence-electron chi connectivity index (χ3n) is 3.04. The second-order valence-electron chi connectivity index (χ2n) is 6.13. The maximum atomic E-state index is 5.73. The van der Waals surface area contributed by atoms with Crippen molar-refractivity contribution in [3.05, 3.63) is 47.5 Å². The molecule has 114 valence electrons. The summed E-state index contributed by atoms with van der Waals surface area (Å²) in [5.74, 6) is 1.45. The van der Waals surface area contributed by atoms with Crippen LogP contribution < -0.4 is 10.1 Å². The van der Waals surface area contributed by atoms with E-state index in [2.05, 4.69) is 44.1 Å². The van der Waals surface area contributed by atoms with Crippen LogP contribution in [0.1, 0.15) is 44.7 Å². The number of hydrogen-bond acceptors (Lipinski definition) is 4. The van der Waals surface area contributed by atoms with Crippen LogP contribution in [-0.4, -0.2) is 10.5 Å². The lowest BCUT2D eigenvalue weighted by molar-refractivity contribution is 0.259. The van der Waals surface area contributed by atoms with Gasteiger partial charge >= 0.3 is 0 Å². The summed E-state index contributed by atoms with van der Waals surface area (Å²) in [6.45, 7) is 9.77. The number of hydrogen-bond donors (Lipinski definition) is 1. The molecule has 4 heteroatoms. The molecule has 0 aliphatic heterocycles. The first-order valence-electron chi connectivity index (χ1n) is 7.36. The average Bonchev–Trinajstić information content (AvgIpc) is 2.95. The van der Waals surface area contributed by atoms with Crippen molar-refractivity contribution in [3.63, 3.8) is 0 Å². The number of nitrogens with zero attached hydrogens (tertiary/aromatic N) is 1. The molecule has 21 heavy (non-hydrogen) atoms. The van der Waals surface area contributed by atoms with Gasteiger partial charge in [-0.3, -0.25) is 0 Å². The first-order valence-corrected chi connectivity index (χ1v) is 7.36. The number of nitrogens with one attached hydrogen (secondary N) is 1. The van der Waals surface area contributed by atoms with E-state index in [0.717, 1.165) is 24.4 Å². The molecule has 0 aliphatic carbocycles. The maximum absolute atomic E-state index is 5.73. The predicted octanol–water partition coefficient (Wildman–Crippen LogP) is 3.70. The van der Waals surface area contributed by atoms with Gasteiger partial charge in [0.15, 0.2) is 0 Å². The summed E-state index contributed by atoms with van der Waals surface area (Å²) in [4.78, 5) is 4.50. The van der Waals surface area contributed by atoms with Crippen LogP contribution in [0.15, 0.2) is 34.9 Å². The predicted molar refractivity (Wildman–Crippen MR) is 83.2 cm³/mol. The first-order chi connectivity index (χ1) is 9.96. The van der Waals surface area contributed by atoms with Crippen LogP contribution in [0, 0.1) is 0 Å². The number of ether oxygens (including phenoxy) is 1. The third kappa shape index (κ3) is 5.23. The van der Waals surface area contributed by atoms with Crippen molar-refractivity contribution in [1.29, 1.82) is 0 Å². The van der Waals surface area contributed by atoms with Gasteiger partial charge in [0.25, 0.3) is 0 Å². The SMILES string of the molecule is CCc1cc(CNC(C)(C)C)cc(OCc2ccco2)n1. The Balaban J connectivity index is 2.05. The van der Waals surface area contributed by atoms with Crippen molar-refractivity contribution >= 4 is 0 Å². The lowest BCUT2D eigenvalue weighted by atomic mass is 10.1. The van der Waals surface area contributed by atoms with Crippen LogP contribution in [0.5, 0.6) is 5.88 Å². The molecule has 0 radical (unpaired) electrons. The maximum Gasteiger partial charge on any atom is 0.214 e. The van der Waals surface area contributed by atoms with Crippen molar-refractivity contribution < 1.29 is 9.15 Å². The minimum Gasteiger partial charge on any atom is -0.469 e. The van der Waals surface area contributed by atoms with Gasteiger partial charge in [0.1, 0.15) is 12.4 Å². The summed E-state index contributed by atoms with van der Waals surface area (Å²) in [5.41, 5.74) is 2.31. The summed E-state index contributed by atoms with van der Waals surface area (Å²) in [7, 11) is 0. The Morgan fingerprint density at radius 3 is 2.71 bits per heavy atom. The Kier molecular flexibility index (Phi) is 5.02. The highest BCUT2D eigenvalue weighted by molar-refractivity contribution is 5.25. The van der Waals surface area contributed by atoms with Gasteiger partial charge in [-0.15, -0.1) is 0 Å². The van der Waals surface area contributed by atoms with Gasteiger partial charge in [-0.1, -0.05) is 6.92 Å². The molecule has 2 aromatic rings.